The molecule has 1 amide bonds. The Hall–Kier alpha value is -3.70. The first-order valence-corrected chi connectivity index (χ1v) is 11.9. The fourth-order valence-electron chi connectivity index (χ4n) is 4.90. The number of likely N-dealkylation sites (tertiary alicyclic amines) is 1. The minimum atomic E-state index is -0.658. The highest BCUT2D eigenvalue weighted by atomic mass is 16.2. The summed E-state index contributed by atoms with van der Waals surface area (Å²) in [6.07, 6.45) is 5.76. The highest BCUT2D eigenvalue weighted by molar-refractivity contribution is 5.96. The number of amides is 1. The van der Waals surface area contributed by atoms with Crippen LogP contribution >= 0.6 is 0 Å². The molecule has 3 N–H and O–H groups in total. The van der Waals surface area contributed by atoms with Crippen molar-refractivity contribution in [1.82, 2.24) is 9.88 Å². The molecule has 0 bridgehead atoms. The number of nitrogens with zero attached hydrogens (tertiary/aromatic N) is 2. The van der Waals surface area contributed by atoms with Gasteiger partial charge in [0.25, 0.3) is 0 Å². The van der Waals surface area contributed by atoms with Crippen LogP contribution in [0.4, 0.5) is 5.69 Å². The normalized spacial score (nSPS) is 16.9. The number of aromatic nitrogens is 1. The molecule has 0 spiro atoms. The molecular formula is C29H30N4O. The van der Waals surface area contributed by atoms with E-state index < -0.39 is 6.04 Å². The number of rotatable bonds is 5. The van der Waals surface area contributed by atoms with Crippen LogP contribution < -0.4 is 11.1 Å². The average Bonchev–Trinajstić information content (AvgIpc) is 2.89. The molecule has 1 aromatic heterocycles. The summed E-state index contributed by atoms with van der Waals surface area (Å²) >= 11 is 0. The number of nitrogens with one attached hydrogen (secondary N) is 1. The van der Waals surface area contributed by atoms with E-state index in [4.69, 9.17) is 5.73 Å². The fraction of sp³-hybridized carbons (Fsp3) is 0.241. The van der Waals surface area contributed by atoms with Crippen molar-refractivity contribution in [3.8, 4) is 11.1 Å². The van der Waals surface area contributed by atoms with Crippen LogP contribution in [-0.2, 0) is 4.79 Å². The van der Waals surface area contributed by atoms with Gasteiger partial charge < -0.3 is 16.0 Å². The first-order chi connectivity index (χ1) is 16.6. The van der Waals surface area contributed by atoms with Crippen LogP contribution in [0.3, 0.4) is 0 Å². The molecule has 3 aromatic carbocycles. The highest BCUT2D eigenvalue weighted by Gasteiger charge is 2.28. The van der Waals surface area contributed by atoms with Crippen molar-refractivity contribution in [3.05, 3.63) is 96.3 Å². The molecule has 1 aliphatic heterocycles. The van der Waals surface area contributed by atoms with Gasteiger partial charge in [0, 0.05) is 48.0 Å². The Morgan fingerprint density at radius 1 is 1.00 bits per heavy atom. The van der Waals surface area contributed by atoms with Gasteiger partial charge in [0.15, 0.2) is 0 Å². The van der Waals surface area contributed by atoms with Gasteiger partial charge in [-0.1, -0.05) is 66.7 Å². The number of anilines is 1. The maximum atomic E-state index is 13.3. The van der Waals surface area contributed by atoms with Crippen molar-refractivity contribution in [3.63, 3.8) is 0 Å². The zero-order valence-electron chi connectivity index (χ0n) is 19.4. The molecule has 4 aromatic rings. The Kier molecular flexibility index (Phi) is 6.28. The zero-order valence-corrected chi connectivity index (χ0v) is 19.4. The number of carbonyl (C=O) groups is 1. The van der Waals surface area contributed by atoms with E-state index in [1.807, 2.05) is 65.8 Å². The van der Waals surface area contributed by atoms with E-state index in [0.717, 1.165) is 52.7 Å². The third-order valence-electron chi connectivity index (χ3n) is 6.71. The van der Waals surface area contributed by atoms with Crippen LogP contribution in [0.5, 0.6) is 0 Å². The molecule has 2 heterocycles. The zero-order chi connectivity index (χ0) is 23.5. The lowest BCUT2D eigenvalue weighted by atomic mass is 9.99. The number of benzene rings is 3. The Morgan fingerprint density at radius 2 is 1.76 bits per heavy atom. The number of fused-ring (bicyclic) bond motifs is 1. The van der Waals surface area contributed by atoms with Crippen molar-refractivity contribution in [2.24, 2.45) is 5.73 Å². The molecule has 1 fully saturated rings. The van der Waals surface area contributed by atoms with Gasteiger partial charge in [0.05, 0.1) is 0 Å². The monoisotopic (exact) mass is 450 g/mol. The van der Waals surface area contributed by atoms with Crippen LogP contribution in [0.2, 0.25) is 0 Å². The number of pyridine rings is 1. The third-order valence-corrected chi connectivity index (χ3v) is 6.71. The van der Waals surface area contributed by atoms with Crippen LogP contribution in [0.15, 0.2) is 85.2 Å². The fourth-order valence-corrected chi connectivity index (χ4v) is 4.90. The summed E-state index contributed by atoms with van der Waals surface area (Å²) in [4.78, 5) is 19.5. The summed E-state index contributed by atoms with van der Waals surface area (Å²) in [7, 11) is 0. The number of aryl methyl sites for hydroxylation is 1. The van der Waals surface area contributed by atoms with Gasteiger partial charge in [0.2, 0.25) is 5.91 Å². The first-order valence-electron chi connectivity index (χ1n) is 11.9. The topological polar surface area (TPSA) is 71.2 Å². The molecule has 5 rings (SSSR count). The number of hydrogen-bond acceptors (Lipinski definition) is 4. The number of piperidine rings is 1. The van der Waals surface area contributed by atoms with Crippen LogP contribution in [0.1, 0.15) is 30.0 Å². The van der Waals surface area contributed by atoms with Gasteiger partial charge in [-0.25, -0.2) is 0 Å². The van der Waals surface area contributed by atoms with Crippen molar-refractivity contribution in [2.45, 2.75) is 31.8 Å². The SMILES string of the molecule is Cc1cncc2cccc(NC3CCCN(C(=O)C(N)c4ccc(-c5ccccc5)cc4)C3)c12. The van der Waals surface area contributed by atoms with E-state index in [-0.39, 0.29) is 11.9 Å². The van der Waals surface area contributed by atoms with E-state index in [1.54, 1.807) is 0 Å². The molecule has 5 nitrogen and oxygen atoms in total. The van der Waals surface area contributed by atoms with Gasteiger partial charge in [-0.05, 0) is 48.1 Å². The molecule has 0 aliphatic carbocycles. The lowest BCUT2D eigenvalue weighted by Crippen LogP contribution is -2.48. The number of hydrogen-bond donors (Lipinski definition) is 2. The standard InChI is InChI=1S/C29H30N4O/c1-20-17-31-18-24-9-5-11-26(27(20)24)32-25-10-6-16-33(19-25)29(34)28(30)23-14-12-22(13-15-23)21-7-3-2-4-8-21/h2-5,7-9,11-15,17-18,25,28,32H,6,10,16,19,30H2,1H3. The van der Waals surface area contributed by atoms with Gasteiger partial charge >= 0.3 is 0 Å². The second-order valence-corrected chi connectivity index (χ2v) is 9.09. The minimum Gasteiger partial charge on any atom is -0.380 e. The molecule has 0 radical (unpaired) electrons. The summed E-state index contributed by atoms with van der Waals surface area (Å²) in [5, 5.41) is 6.00. The average molecular weight is 451 g/mol. The molecule has 0 saturated carbocycles. The Balaban J connectivity index is 1.28. The third kappa shape index (κ3) is 4.52. The molecule has 2 unspecified atom stereocenters. The highest BCUT2D eigenvalue weighted by Crippen LogP contribution is 2.28. The van der Waals surface area contributed by atoms with Gasteiger partial charge in [0.1, 0.15) is 6.04 Å². The minimum absolute atomic E-state index is 0.0164. The maximum absolute atomic E-state index is 13.3. The smallest absolute Gasteiger partial charge is 0.244 e. The Morgan fingerprint density at radius 3 is 2.56 bits per heavy atom. The van der Waals surface area contributed by atoms with E-state index in [9.17, 15) is 4.79 Å². The van der Waals surface area contributed by atoms with Crippen molar-refractivity contribution in [1.29, 1.82) is 0 Å². The molecule has 34 heavy (non-hydrogen) atoms. The van der Waals surface area contributed by atoms with Gasteiger partial charge in [-0.15, -0.1) is 0 Å². The van der Waals surface area contributed by atoms with E-state index in [1.165, 1.54) is 5.39 Å². The quantitative estimate of drug-likeness (QED) is 0.432. The number of carbonyl (C=O) groups excluding carboxylic acids is 1. The largest absolute Gasteiger partial charge is 0.380 e. The van der Waals surface area contributed by atoms with Crippen LogP contribution in [0.25, 0.3) is 21.9 Å². The van der Waals surface area contributed by atoms with Crippen molar-refractivity contribution >= 4 is 22.4 Å². The van der Waals surface area contributed by atoms with Crippen molar-refractivity contribution in [2.75, 3.05) is 18.4 Å². The molecule has 1 saturated heterocycles. The lowest BCUT2D eigenvalue weighted by Gasteiger charge is -2.35. The summed E-state index contributed by atoms with van der Waals surface area (Å²) < 4.78 is 0. The van der Waals surface area contributed by atoms with E-state index in [2.05, 4.69) is 41.5 Å². The molecule has 2 atom stereocenters. The van der Waals surface area contributed by atoms with Crippen molar-refractivity contribution < 1.29 is 4.79 Å². The van der Waals surface area contributed by atoms with Crippen LogP contribution in [0, 0.1) is 6.92 Å². The predicted octanol–water partition coefficient (Wildman–Crippen LogP) is 5.31. The first kappa shape index (κ1) is 22.1. The Bertz CT molecular complexity index is 1280. The van der Waals surface area contributed by atoms with Gasteiger partial charge in [-0.2, -0.15) is 0 Å². The Labute approximate surface area is 200 Å². The molecule has 1 aliphatic rings. The summed E-state index contributed by atoms with van der Waals surface area (Å²) in [6.45, 7) is 3.47. The van der Waals surface area contributed by atoms with Crippen LogP contribution in [-0.4, -0.2) is 34.9 Å². The number of nitrogens with two attached hydrogens (primary N) is 1. The molecule has 5 heteroatoms. The molecule has 172 valence electrons. The van der Waals surface area contributed by atoms with E-state index >= 15 is 0 Å². The summed E-state index contributed by atoms with van der Waals surface area (Å²) in [6, 6.07) is 24.0. The second-order valence-electron chi connectivity index (χ2n) is 9.09. The maximum Gasteiger partial charge on any atom is 0.244 e. The predicted molar refractivity (Wildman–Crippen MR) is 139 cm³/mol. The lowest BCUT2D eigenvalue weighted by molar-refractivity contribution is -0.133. The second kappa shape index (κ2) is 9.65. The summed E-state index contributed by atoms with van der Waals surface area (Å²) in [5.41, 5.74) is 11.8. The van der Waals surface area contributed by atoms with Gasteiger partial charge in [-0.3, -0.25) is 9.78 Å². The van der Waals surface area contributed by atoms with E-state index in [0.29, 0.717) is 6.54 Å². The molecular weight excluding hydrogens is 420 g/mol. The summed E-state index contributed by atoms with van der Waals surface area (Å²) in [5.74, 6) is -0.0164.